The molecular formula is C13H20BrN3O2. The van der Waals surface area contributed by atoms with Crippen molar-refractivity contribution in [2.75, 3.05) is 38.3 Å². The fraction of sp³-hybridized carbons (Fsp3) is 0.692. The van der Waals surface area contributed by atoms with Gasteiger partial charge in [-0.2, -0.15) is 4.98 Å². The van der Waals surface area contributed by atoms with Crippen LogP contribution in [0.2, 0.25) is 0 Å². The third-order valence-electron chi connectivity index (χ3n) is 3.25. The van der Waals surface area contributed by atoms with Crippen LogP contribution in [0.25, 0.3) is 0 Å². The number of anilines is 1. The van der Waals surface area contributed by atoms with Crippen LogP contribution in [0.3, 0.4) is 0 Å². The molecule has 0 radical (unpaired) electrons. The third-order valence-corrected chi connectivity index (χ3v) is 3.80. The van der Waals surface area contributed by atoms with E-state index in [1.165, 1.54) is 6.42 Å². The van der Waals surface area contributed by atoms with Crippen molar-refractivity contribution in [1.29, 1.82) is 0 Å². The smallest absolute Gasteiger partial charge is 0.232 e. The van der Waals surface area contributed by atoms with Gasteiger partial charge in [-0.1, -0.05) is 0 Å². The van der Waals surface area contributed by atoms with E-state index in [0.717, 1.165) is 43.1 Å². The summed E-state index contributed by atoms with van der Waals surface area (Å²) in [6.45, 7) is 5.57. The van der Waals surface area contributed by atoms with E-state index < -0.39 is 0 Å². The maximum atomic E-state index is 5.52. The zero-order chi connectivity index (χ0) is 13.7. The predicted molar refractivity (Wildman–Crippen MR) is 77.7 cm³/mol. The van der Waals surface area contributed by atoms with Crippen molar-refractivity contribution in [3.63, 3.8) is 0 Å². The van der Waals surface area contributed by atoms with Crippen LogP contribution in [0.1, 0.15) is 19.8 Å². The lowest BCUT2D eigenvalue weighted by Gasteiger charge is -2.32. The average molecular weight is 330 g/mol. The van der Waals surface area contributed by atoms with Crippen LogP contribution in [0, 0.1) is 5.92 Å². The minimum Gasteiger partial charge on any atom is -0.480 e. The molecule has 0 amide bonds. The predicted octanol–water partition coefficient (Wildman–Crippen LogP) is 2.50. The zero-order valence-corrected chi connectivity index (χ0v) is 13.0. The van der Waals surface area contributed by atoms with E-state index in [9.17, 15) is 0 Å². The Labute approximate surface area is 122 Å². The number of aromatic nitrogens is 2. The first kappa shape index (κ1) is 14.5. The SMILES string of the molecule is CCOC[C@@H]1CCCN(c2ncc(Br)c(OC)n2)C1. The summed E-state index contributed by atoms with van der Waals surface area (Å²) >= 11 is 3.37. The lowest BCUT2D eigenvalue weighted by atomic mass is 9.99. The molecule has 1 fully saturated rings. The summed E-state index contributed by atoms with van der Waals surface area (Å²) in [6.07, 6.45) is 4.11. The van der Waals surface area contributed by atoms with Gasteiger partial charge in [0.05, 0.1) is 24.4 Å². The molecule has 106 valence electrons. The first-order chi connectivity index (χ1) is 9.24. The van der Waals surface area contributed by atoms with Crippen molar-refractivity contribution in [3.05, 3.63) is 10.7 Å². The van der Waals surface area contributed by atoms with Crippen LogP contribution in [-0.4, -0.2) is 43.4 Å². The number of hydrogen-bond acceptors (Lipinski definition) is 5. The minimum absolute atomic E-state index is 0.562. The van der Waals surface area contributed by atoms with Crippen LogP contribution >= 0.6 is 15.9 Å². The van der Waals surface area contributed by atoms with Gasteiger partial charge in [0.2, 0.25) is 11.8 Å². The van der Waals surface area contributed by atoms with Gasteiger partial charge in [-0.05, 0) is 41.6 Å². The Morgan fingerprint density at radius 2 is 2.37 bits per heavy atom. The first-order valence-electron chi connectivity index (χ1n) is 6.63. The maximum Gasteiger partial charge on any atom is 0.232 e. The standard InChI is InChI=1S/C13H20BrN3O2/c1-3-19-9-10-5-4-6-17(8-10)13-15-7-11(14)12(16-13)18-2/h7,10H,3-6,8-9H2,1-2H3/t10-/m1/s1. The summed E-state index contributed by atoms with van der Waals surface area (Å²) < 4.78 is 11.5. The van der Waals surface area contributed by atoms with Gasteiger partial charge >= 0.3 is 0 Å². The van der Waals surface area contributed by atoms with Crippen molar-refractivity contribution in [1.82, 2.24) is 9.97 Å². The molecule has 2 heterocycles. The van der Waals surface area contributed by atoms with E-state index in [1.54, 1.807) is 13.3 Å². The number of nitrogens with zero attached hydrogens (tertiary/aromatic N) is 3. The van der Waals surface area contributed by atoms with E-state index in [4.69, 9.17) is 9.47 Å². The molecule has 0 aromatic carbocycles. The molecule has 0 aliphatic carbocycles. The molecule has 0 spiro atoms. The highest BCUT2D eigenvalue weighted by atomic mass is 79.9. The van der Waals surface area contributed by atoms with E-state index in [1.807, 2.05) is 6.92 Å². The van der Waals surface area contributed by atoms with E-state index in [2.05, 4.69) is 30.8 Å². The highest BCUT2D eigenvalue weighted by Crippen LogP contribution is 2.26. The molecule has 1 aromatic rings. The first-order valence-corrected chi connectivity index (χ1v) is 7.43. The Balaban J connectivity index is 2.04. The van der Waals surface area contributed by atoms with Crippen LogP contribution in [0.4, 0.5) is 5.95 Å². The second-order valence-corrected chi connectivity index (χ2v) is 5.50. The quantitative estimate of drug-likeness (QED) is 0.830. The summed E-state index contributed by atoms with van der Waals surface area (Å²) in [5.41, 5.74) is 0. The number of rotatable bonds is 5. The fourth-order valence-corrected chi connectivity index (χ4v) is 2.66. The Kier molecular flexibility index (Phi) is 5.39. The van der Waals surface area contributed by atoms with E-state index in [0.29, 0.717) is 11.8 Å². The second kappa shape index (κ2) is 7.05. The summed E-state index contributed by atoms with van der Waals surface area (Å²) in [4.78, 5) is 11.0. The topological polar surface area (TPSA) is 47.5 Å². The molecule has 0 N–H and O–H groups in total. The van der Waals surface area contributed by atoms with Gasteiger partial charge in [0, 0.05) is 19.7 Å². The molecule has 5 nitrogen and oxygen atoms in total. The van der Waals surface area contributed by atoms with Crippen LogP contribution in [0.15, 0.2) is 10.7 Å². The molecule has 19 heavy (non-hydrogen) atoms. The lowest BCUT2D eigenvalue weighted by molar-refractivity contribution is 0.104. The summed E-state index contributed by atoms with van der Waals surface area (Å²) in [6, 6.07) is 0. The number of piperidine rings is 1. The van der Waals surface area contributed by atoms with Gasteiger partial charge in [0.15, 0.2) is 0 Å². The van der Waals surface area contributed by atoms with E-state index in [-0.39, 0.29) is 0 Å². The molecule has 2 rings (SSSR count). The average Bonchev–Trinajstić information content (AvgIpc) is 2.46. The number of halogens is 1. The van der Waals surface area contributed by atoms with Gasteiger partial charge in [-0.3, -0.25) is 0 Å². The summed E-state index contributed by atoms with van der Waals surface area (Å²) in [5, 5.41) is 0. The lowest BCUT2D eigenvalue weighted by Crippen LogP contribution is -2.38. The molecule has 0 bridgehead atoms. The highest BCUT2D eigenvalue weighted by Gasteiger charge is 2.22. The molecule has 0 saturated carbocycles. The number of ether oxygens (including phenoxy) is 2. The van der Waals surface area contributed by atoms with Crippen LogP contribution in [0.5, 0.6) is 5.88 Å². The molecule has 1 aliphatic rings. The Morgan fingerprint density at radius 3 is 3.11 bits per heavy atom. The fourth-order valence-electron chi connectivity index (χ4n) is 2.31. The van der Waals surface area contributed by atoms with Gasteiger partial charge in [-0.25, -0.2) is 4.98 Å². The zero-order valence-electron chi connectivity index (χ0n) is 11.4. The Morgan fingerprint density at radius 1 is 1.53 bits per heavy atom. The van der Waals surface area contributed by atoms with Gasteiger partial charge in [0.25, 0.3) is 0 Å². The minimum atomic E-state index is 0.562. The van der Waals surface area contributed by atoms with Gasteiger partial charge in [-0.15, -0.1) is 0 Å². The Hall–Kier alpha value is -0.880. The number of hydrogen-bond donors (Lipinski definition) is 0. The van der Waals surface area contributed by atoms with Crippen molar-refractivity contribution < 1.29 is 9.47 Å². The molecule has 1 atom stereocenters. The molecule has 1 aromatic heterocycles. The Bertz CT molecular complexity index is 417. The molecule has 6 heteroatoms. The van der Waals surface area contributed by atoms with E-state index >= 15 is 0 Å². The van der Waals surface area contributed by atoms with Crippen molar-refractivity contribution in [3.8, 4) is 5.88 Å². The van der Waals surface area contributed by atoms with Crippen LogP contribution in [-0.2, 0) is 4.74 Å². The molecular weight excluding hydrogens is 310 g/mol. The van der Waals surface area contributed by atoms with Crippen molar-refractivity contribution in [2.24, 2.45) is 5.92 Å². The normalized spacial score (nSPS) is 19.5. The highest BCUT2D eigenvalue weighted by molar-refractivity contribution is 9.10. The largest absolute Gasteiger partial charge is 0.480 e. The van der Waals surface area contributed by atoms with Gasteiger partial charge < -0.3 is 14.4 Å². The summed E-state index contributed by atoms with van der Waals surface area (Å²) in [5.74, 6) is 1.88. The maximum absolute atomic E-state index is 5.52. The summed E-state index contributed by atoms with van der Waals surface area (Å²) in [7, 11) is 1.62. The monoisotopic (exact) mass is 329 g/mol. The second-order valence-electron chi connectivity index (χ2n) is 4.64. The molecule has 1 saturated heterocycles. The van der Waals surface area contributed by atoms with Crippen LogP contribution < -0.4 is 9.64 Å². The number of methoxy groups -OCH3 is 1. The van der Waals surface area contributed by atoms with Gasteiger partial charge in [0.1, 0.15) is 0 Å². The third kappa shape index (κ3) is 3.79. The molecule has 1 aliphatic heterocycles. The molecule has 0 unspecified atom stereocenters. The van der Waals surface area contributed by atoms with Crippen molar-refractivity contribution in [2.45, 2.75) is 19.8 Å². The van der Waals surface area contributed by atoms with Crippen molar-refractivity contribution >= 4 is 21.9 Å².